The van der Waals surface area contributed by atoms with E-state index in [2.05, 4.69) is 22.6 Å². The maximum absolute atomic E-state index is 13.5. The van der Waals surface area contributed by atoms with Crippen LogP contribution in [0.3, 0.4) is 0 Å². The molecule has 0 aliphatic carbocycles. The lowest BCUT2D eigenvalue weighted by molar-refractivity contribution is 0.158. The van der Waals surface area contributed by atoms with Gasteiger partial charge in [-0.2, -0.15) is 0 Å². The molecule has 7 nitrogen and oxygen atoms in total. The standard InChI is InChI=1S/C23H25N5O2.ClH/c1-25-11-13-26(14-12-25)23(29)28-16-27-21(19-5-3-4-6-20(19)28)15-24-22(27)17-7-9-18(30-2)10-8-17;/h3-10,15H,11-14,16H2,1-2H3;1H. The number of likely N-dealkylation sites (N-methyl/N-ethyl adjacent to an activating group) is 1. The molecular weight excluding hydrogens is 414 g/mol. The number of anilines is 1. The highest BCUT2D eigenvalue weighted by Gasteiger charge is 2.32. The van der Waals surface area contributed by atoms with E-state index >= 15 is 0 Å². The minimum atomic E-state index is 0. The molecule has 1 aromatic heterocycles. The molecule has 1 saturated heterocycles. The zero-order chi connectivity index (χ0) is 20.7. The van der Waals surface area contributed by atoms with E-state index in [4.69, 9.17) is 9.72 Å². The average Bonchev–Trinajstić information content (AvgIpc) is 3.23. The van der Waals surface area contributed by atoms with Crippen molar-refractivity contribution in [1.29, 1.82) is 0 Å². The van der Waals surface area contributed by atoms with Crippen LogP contribution in [0.5, 0.6) is 5.75 Å². The number of carbonyl (C=O) groups excluding carboxylic acids is 1. The number of rotatable bonds is 2. The summed E-state index contributed by atoms with van der Waals surface area (Å²) in [6.45, 7) is 3.73. The Bertz CT molecular complexity index is 1070. The van der Waals surface area contributed by atoms with Crippen molar-refractivity contribution in [3.8, 4) is 28.4 Å². The Morgan fingerprint density at radius 3 is 2.42 bits per heavy atom. The second kappa shape index (κ2) is 8.61. The van der Waals surface area contributed by atoms with Crippen molar-refractivity contribution in [2.24, 2.45) is 0 Å². The fourth-order valence-corrected chi connectivity index (χ4v) is 4.18. The summed E-state index contributed by atoms with van der Waals surface area (Å²) in [4.78, 5) is 24.3. The predicted octanol–water partition coefficient (Wildman–Crippen LogP) is 3.79. The van der Waals surface area contributed by atoms with Crippen molar-refractivity contribution < 1.29 is 9.53 Å². The van der Waals surface area contributed by atoms with Crippen molar-refractivity contribution in [1.82, 2.24) is 19.4 Å². The zero-order valence-corrected chi connectivity index (χ0v) is 18.5. The summed E-state index contributed by atoms with van der Waals surface area (Å²) in [5, 5.41) is 0. The minimum absolute atomic E-state index is 0. The van der Waals surface area contributed by atoms with Crippen LogP contribution in [0, 0.1) is 0 Å². The van der Waals surface area contributed by atoms with E-state index < -0.39 is 0 Å². The topological polar surface area (TPSA) is 53.8 Å². The monoisotopic (exact) mass is 439 g/mol. The number of methoxy groups -OCH3 is 1. The molecule has 2 amide bonds. The van der Waals surface area contributed by atoms with Gasteiger partial charge in [0.2, 0.25) is 0 Å². The molecule has 0 spiro atoms. The number of piperazine rings is 1. The van der Waals surface area contributed by atoms with Gasteiger partial charge in [-0.15, -0.1) is 12.4 Å². The minimum Gasteiger partial charge on any atom is -0.497 e. The van der Waals surface area contributed by atoms with Crippen LogP contribution in [-0.2, 0) is 6.67 Å². The van der Waals surface area contributed by atoms with Gasteiger partial charge >= 0.3 is 6.03 Å². The SMILES string of the molecule is COc1ccc(-c2ncc3n2CN(C(=O)N2CCN(C)CC2)c2ccccc2-3)cc1.Cl. The fraction of sp³-hybridized carbons (Fsp3) is 0.304. The van der Waals surface area contributed by atoms with Crippen LogP contribution < -0.4 is 9.64 Å². The third-order valence-electron chi connectivity index (χ3n) is 5.96. The summed E-state index contributed by atoms with van der Waals surface area (Å²) in [5.41, 5.74) is 3.99. The van der Waals surface area contributed by atoms with Gasteiger partial charge in [0, 0.05) is 37.3 Å². The highest BCUT2D eigenvalue weighted by Crippen LogP contribution is 2.39. The molecule has 3 aromatic rings. The van der Waals surface area contributed by atoms with Crippen molar-refractivity contribution in [2.75, 3.05) is 45.2 Å². The molecule has 0 bridgehead atoms. The predicted molar refractivity (Wildman–Crippen MR) is 124 cm³/mol. The average molecular weight is 440 g/mol. The van der Waals surface area contributed by atoms with Gasteiger partial charge in [0.15, 0.2) is 0 Å². The van der Waals surface area contributed by atoms with Crippen LogP contribution >= 0.6 is 12.4 Å². The highest BCUT2D eigenvalue weighted by molar-refractivity contribution is 5.97. The van der Waals surface area contributed by atoms with Crippen LogP contribution in [0.15, 0.2) is 54.7 Å². The van der Waals surface area contributed by atoms with Gasteiger partial charge in [-0.1, -0.05) is 18.2 Å². The van der Waals surface area contributed by atoms with Gasteiger partial charge in [0.05, 0.1) is 24.7 Å². The first-order valence-electron chi connectivity index (χ1n) is 10.2. The number of hydrogen-bond acceptors (Lipinski definition) is 4. The van der Waals surface area contributed by atoms with E-state index in [1.54, 1.807) is 7.11 Å². The highest BCUT2D eigenvalue weighted by atomic mass is 35.5. The molecule has 2 aliphatic rings. The number of hydrogen-bond donors (Lipinski definition) is 0. The van der Waals surface area contributed by atoms with Gasteiger partial charge in [0.1, 0.15) is 18.2 Å². The lowest BCUT2D eigenvalue weighted by Gasteiger charge is -2.38. The lowest BCUT2D eigenvalue weighted by Crippen LogP contribution is -2.53. The molecule has 0 saturated carbocycles. The number of urea groups is 1. The number of para-hydroxylation sites is 1. The smallest absolute Gasteiger partial charge is 0.326 e. The summed E-state index contributed by atoms with van der Waals surface area (Å²) in [5.74, 6) is 1.65. The molecule has 8 heteroatoms. The Balaban J connectivity index is 0.00000231. The molecule has 3 heterocycles. The Morgan fingerprint density at radius 1 is 1.00 bits per heavy atom. The normalized spacial score (nSPS) is 15.7. The number of aromatic nitrogens is 2. The number of ether oxygens (including phenoxy) is 1. The maximum atomic E-state index is 13.5. The Morgan fingerprint density at radius 2 is 1.71 bits per heavy atom. The molecule has 31 heavy (non-hydrogen) atoms. The molecule has 2 aliphatic heterocycles. The second-order valence-corrected chi connectivity index (χ2v) is 7.78. The number of imidazole rings is 1. The quantitative estimate of drug-likeness (QED) is 0.609. The maximum Gasteiger partial charge on any atom is 0.326 e. The number of halogens is 1. The number of amides is 2. The fourth-order valence-electron chi connectivity index (χ4n) is 4.18. The Kier molecular flexibility index (Phi) is 5.89. The first kappa shape index (κ1) is 21.2. The van der Waals surface area contributed by atoms with Gasteiger partial charge < -0.3 is 19.1 Å². The molecule has 1 fully saturated rings. The molecule has 0 N–H and O–H groups in total. The van der Waals surface area contributed by atoms with Gasteiger partial charge in [-0.05, 0) is 37.4 Å². The van der Waals surface area contributed by atoms with Gasteiger partial charge in [0.25, 0.3) is 0 Å². The first-order valence-corrected chi connectivity index (χ1v) is 10.2. The van der Waals surface area contributed by atoms with E-state index in [1.165, 1.54) is 0 Å². The summed E-state index contributed by atoms with van der Waals surface area (Å²) in [7, 11) is 3.75. The number of nitrogens with zero attached hydrogens (tertiary/aromatic N) is 5. The zero-order valence-electron chi connectivity index (χ0n) is 17.7. The Hall–Kier alpha value is -3.03. The number of carbonyl (C=O) groups is 1. The molecule has 0 radical (unpaired) electrons. The van der Waals surface area contributed by atoms with E-state index in [9.17, 15) is 4.79 Å². The number of fused-ring (bicyclic) bond motifs is 3. The van der Waals surface area contributed by atoms with E-state index in [0.717, 1.165) is 60.3 Å². The molecule has 2 aromatic carbocycles. The molecule has 0 atom stereocenters. The van der Waals surface area contributed by atoms with E-state index in [0.29, 0.717) is 6.67 Å². The van der Waals surface area contributed by atoms with Crippen LogP contribution in [0.1, 0.15) is 0 Å². The van der Waals surface area contributed by atoms with Gasteiger partial charge in [-0.3, -0.25) is 4.90 Å². The first-order chi connectivity index (χ1) is 14.7. The summed E-state index contributed by atoms with van der Waals surface area (Å²) in [6, 6.07) is 16.0. The van der Waals surface area contributed by atoms with Crippen molar-refractivity contribution in [2.45, 2.75) is 6.67 Å². The van der Waals surface area contributed by atoms with Crippen LogP contribution in [0.2, 0.25) is 0 Å². The van der Waals surface area contributed by atoms with Crippen LogP contribution in [0.25, 0.3) is 22.6 Å². The van der Waals surface area contributed by atoms with E-state index in [-0.39, 0.29) is 18.4 Å². The lowest BCUT2D eigenvalue weighted by atomic mass is 10.1. The van der Waals surface area contributed by atoms with Crippen molar-refractivity contribution >= 4 is 24.1 Å². The summed E-state index contributed by atoms with van der Waals surface area (Å²) >= 11 is 0. The van der Waals surface area contributed by atoms with Crippen molar-refractivity contribution in [3.63, 3.8) is 0 Å². The summed E-state index contributed by atoms with van der Waals surface area (Å²) < 4.78 is 7.40. The Labute approximate surface area is 188 Å². The van der Waals surface area contributed by atoms with Gasteiger partial charge in [-0.25, -0.2) is 9.78 Å². The summed E-state index contributed by atoms with van der Waals surface area (Å²) in [6.07, 6.45) is 1.90. The van der Waals surface area contributed by atoms with E-state index in [1.807, 2.05) is 58.5 Å². The number of benzene rings is 2. The largest absolute Gasteiger partial charge is 0.497 e. The van der Waals surface area contributed by atoms with Crippen LogP contribution in [0.4, 0.5) is 10.5 Å². The third kappa shape index (κ3) is 3.75. The van der Waals surface area contributed by atoms with Crippen molar-refractivity contribution in [3.05, 3.63) is 54.7 Å². The molecular formula is C23H26ClN5O2. The molecule has 162 valence electrons. The molecule has 5 rings (SSSR count). The second-order valence-electron chi connectivity index (χ2n) is 7.78. The molecule has 0 unspecified atom stereocenters. The van der Waals surface area contributed by atoms with Crippen LogP contribution in [-0.4, -0.2) is 65.7 Å². The third-order valence-corrected chi connectivity index (χ3v) is 5.96.